The number of ether oxygens (including phenoxy) is 1. The normalized spacial score (nSPS) is 10.9. The van der Waals surface area contributed by atoms with Crippen LogP contribution in [0.5, 0.6) is 5.75 Å². The summed E-state index contributed by atoms with van der Waals surface area (Å²) in [4.78, 5) is 0. The van der Waals surface area contributed by atoms with Gasteiger partial charge in [-0.05, 0) is 66.1 Å². The van der Waals surface area contributed by atoms with E-state index in [9.17, 15) is 0 Å². The van der Waals surface area contributed by atoms with Crippen LogP contribution < -0.4 is 37.6 Å². The Bertz CT molecular complexity index is 1060. The van der Waals surface area contributed by atoms with Crippen molar-refractivity contribution in [2.75, 3.05) is 13.3 Å². The molecule has 0 aliphatic heterocycles. The minimum absolute atomic E-state index is 0. The lowest BCUT2D eigenvalue weighted by molar-refractivity contribution is -0.00000620. The third-order valence-corrected chi connectivity index (χ3v) is 10.3. The summed E-state index contributed by atoms with van der Waals surface area (Å²) in [5.41, 5.74) is 2.42. The average molecular weight is 491 g/mol. The molecule has 0 saturated carbocycles. The van der Waals surface area contributed by atoms with Gasteiger partial charge in [0.15, 0.2) is 0 Å². The minimum Gasteiger partial charge on any atom is -1.00 e. The molecule has 0 atom stereocenters. The Balaban J connectivity index is 0.00000272. The fraction of sp³-hybridized carbons (Fsp3) is 0.143. The maximum absolute atomic E-state index is 5.46. The largest absolute Gasteiger partial charge is 1.00 e. The third kappa shape index (κ3) is 4.76. The molecule has 0 aliphatic carbocycles. The van der Waals surface area contributed by atoms with Gasteiger partial charge in [0.05, 0.1) is 13.3 Å². The van der Waals surface area contributed by atoms with Crippen molar-refractivity contribution >= 4 is 23.2 Å². The number of methoxy groups -OCH3 is 1. The van der Waals surface area contributed by atoms with Crippen LogP contribution in [0, 0.1) is 0 Å². The van der Waals surface area contributed by atoms with Gasteiger partial charge in [0.1, 0.15) is 28.9 Å². The van der Waals surface area contributed by atoms with Crippen LogP contribution in [-0.4, -0.2) is 13.3 Å². The van der Waals surface area contributed by atoms with Crippen LogP contribution in [0.3, 0.4) is 0 Å². The molecule has 0 fully saturated rings. The Labute approximate surface area is 197 Å². The summed E-state index contributed by atoms with van der Waals surface area (Å²) in [7, 11) is -0.0303. The van der Waals surface area contributed by atoms with Gasteiger partial charge in [-0.1, -0.05) is 67.6 Å². The molecule has 0 unspecified atom stereocenters. The van der Waals surface area contributed by atoms with E-state index < -0.39 is 7.26 Å². The molecule has 1 nitrogen and oxygen atoms in total. The van der Waals surface area contributed by atoms with E-state index in [1.54, 1.807) is 7.11 Å². The minimum atomic E-state index is -1.75. The maximum Gasteiger partial charge on any atom is 0.119 e. The highest BCUT2D eigenvalue weighted by molar-refractivity contribution is 7.95. The zero-order chi connectivity index (χ0) is 20.8. The highest BCUT2D eigenvalue weighted by Crippen LogP contribution is 2.56. The summed E-state index contributed by atoms with van der Waals surface area (Å²) in [6.07, 6.45) is 2.30. The Morgan fingerprint density at radius 2 is 1.13 bits per heavy atom. The number of rotatable bonds is 7. The van der Waals surface area contributed by atoms with Gasteiger partial charge in [-0.2, -0.15) is 0 Å². The van der Waals surface area contributed by atoms with Gasteiger partial charge in [0.2, 0.25) is 0 Å². The van der Waals surface area contributed by atoms with Crippen molar-refractivity contribution < 1.29 is 21.7 Å². The predicted octanol–water partition coefficient (Wildman–Crippen LogP) is 3.07. The van der Waals surface area contributed by atoms with Crippen molar-refractivity contribution in [2.24, 2.45) is 0 Å². The van der Waals surface area contributed by atoms with E-state index in [1.807, 2.05) is 6.07 Å². The molecule has 0 amide bonds. The lowest BCUT2D eigenvalue weighted by atomic mass is 10.1. The summed E-state index contributed by atoms with van der Waals surface area (Å²) in [5, 5.41) is 4.32. The Morgan fingerprint density at radius 3 is 1.68 bits per heavy atom. The summed E-state index contributed by atoms with van der Waals surface area (Å²) in [6.45, 7) is 2.30. The van der Waals surface area contributed by atoms with Crippen LogP contribution in [0.2, 0.25) is 0 Å². The van der Waals surface area contributed by atoms with E-state index in [2.05, 4.69) is 110 Å². The second-order valence-corrected chi connectivity index (χ2v) is 11.1. The monoisotopic (exact) mass is 490 g/mol. The second-order valence-electron chi connectivity index (χ2n) is 7.49. The van der Waals surface area contributed by atoms with E-state index >= 15 is 0 Å². The van der Waals surface area contributed by atoms with Crippen LogP contribution in [0.1, 0.15) is 13.3 Å². The quantitative estimate of drug-likeness (QED) is 0.362. The molecule has 4 rings (SSSR count). The zero-order valence-corrected chi connectivity index (χ0v) is 20.5. The van der Waals surface area contributed by atoms with Crippen molar-refractivity contribution in [2.45, 2.75) is 13.3 Å². The number of hydrogen-bond acceptors (Lipinski definition) is 1. The van der Waals surface area contributed by atoms with E-state index in [-0.39, 0.29) is 17.0 Å². The lowest BCUT2D eigenvalue weighted by Gasteiger charge is -2.27. The van der Waals surface area contributed by atoms with Gasteiger partial charge in [-0.15, -0.1) is 0 Å². The fourth-order valence-electron chi connectivity index (χ4n) is 4.26. The molecule has 31 heavy (non-hydrogen) atoms. The molecule has 0 heterocycles. The van der Waals surface area contributed by atoms with Crippen LogP contribution in [0.25, 0.3) is 11.1 Å². The summed E-state index contributed by atoms with van der Waals surface area (Å²) in [6, 6.07) is 39.7. The molecule has 158 valence electrons. The van der Waals surface area contributed by atoms with E-state index in [0.29, 0.717) is 0 Å². The van der Waals surface area contributed by atoms with Crippen LogP contribution >= 0.6 is 7.26 Å². The summed E-state index contributed by atoms with van der Waals surface area (Å²) in [5.74, 6) is 0.888. The topological polar surface area (TPSA) is 9.23 Å². The van der Waals surface area contributed by atoms with Gasteiger partial charge < -0.3 is 21.7 Å². The molecule has 0 bridgehead atoms. The van der Waals surface area contributed by atoms with Gasteiger partial charge >= 0.3 is 0 Å². The molecule has 0 aromatic heterocycles. The van der Waals surface area contributed by atoms with E-state index in [4.69, 9.17) is 4.74 Å². The molecule has 0 aliphatic rings. The molecule has 0 spiro atoms. The predicted molar refractivity (Wildman–Crippen MR) is 132 cm³/mol. The van der Waals surface area contributed by atoms with Crippen molar-refractivity contribution in [1.82, 2.24) is 0 Å². The maximum atomic E-state index is 5.46. The number of hydrogen-bond donors (Lipinski definition) is 0. The van der Waals surface area contributed by atoms with E-state index in [1.165, 1.54) is 27.0 Å². The van der Waals surface area contributed by atoms with Crippen molar-refractivity contribution in [3.63, 3.8) is 0 Å². The average Bonchev–Trinajstić information content (AvgIpc) is 2.84. The van der Waals surface area contributed by atoms with Gasteiger partial charge in [0, 0.05) is 0 Å². The van der Waals surface area contributed by atoms with Gasteiger partial charge in [-0.25, -0.2) is 0 Å². The Kier molecular flexibility index (Phi) is 8.07. The van der Waals surface area contributed by atoms with E-state index in [0.717, 1.165) is 18.3 Å². The first kappa shape index (κ1) is 23.3. The lowest BCUT2D eigenvalue weighted by Crippen LogP contribution is -3.00. The first-order valence-corrected chi connectivity index (χ1v) is 12.5. The molecule has 0 radical (unpaired) electrons. The van der Waals surface area contributed by atoms with Crippen molar-refractivity contribution in [1.29, 1.82) is 0 Å². The van der Waals surface area contributed by atoms with Gasteiger partial charge in [0.25, 0.3) is 0 Å². The van der Waals surface area contributed by atoms with Crippen molar-refractivity contribution in [3.8, 4) is 16.9 Å². The Morgan fingerprint density at radius 1 is 0.613 bits per heavy atom. The Hall–Kier alpha value is -2.41. The smallest absolute Gasteiger partial charge is 0.119 e. The molecular formula is C28H28BrOP. The molecule has 4 aromatic carbocycles. The number of benzene rings is 4. The number of halogens is 1. The first-order valence-electron chi connectivity index (χ1n) is 10.5. The van der Waals surface area contributed by atoms with Crippen LogP contribution in [-0.2, 0) is 0 Å². The van der Waals surface area contributed by atoms with Gasteiger partial charge in [-0.3, -0.25) is 0 Å². The molecule has 0 N–H and O–H groups in total. The van der Waals surface area contributed by atoms with Crippen molar-refractivity contribution in [3.05, 3.63) is 109 Å². The fourth-order valence-corrected chi connectivity index (χ4v) is 8.66. The molecular weight excluding hydrogens is 463 g/mol. The van der Waals surface area contributed by atoms with Crippen LogP contribution in [0.4, 0.5) is 0 Å². The summed E-state index contributed by atoms with van der Waals surface area (Å²) < 4.78 is 5.46. The highest BCUT2D eigenvalue weighted by atomic mass is 79.9. The molecule has 4 aromatic rings. The SMILES string of the molecule is CCC[P+](c1ccccc1)(c1ccccc1)c1cccc(-c2cccc(OC)c2)c1.[Br-]. The molecule has 0 saturated heterocycles. The second kappa shape index (κ2) is 10.8. The standard InChI is InChI=1S/C28H28OP.BrH/c1-3-20-30(26-15-6-4-7-16-26,27-17-8-5-9-18-27)28-19-11-13-24(22-28)23-12-10-14-25(21-23)29-2;/h4-19,21-22H,3,20H2,1-2H3;1H/q+1;/p-1. The first-order chi connectivity index (χ1) is 14.8. The zero-order valence-electron chi connectivity index (χ0n) is 18.0. The highest BCUT2D eigenvalue weighted by Gasteiger charge is 2.44. The molecule has 3 heteroatoms. The van der Waals surface area contributed by atoms with Crippen LogP contribution in [0.15, 0.2) is 109 Å². The third-order valence-electron chi connectivity index (χ3n) is 5.64. The summed E-state index contributed by atoms with van der Waals surface area (Å²) >= 11 is 0.